The van der Waals surface area contributed by atoms with Crippen molar-refractivity contribution in [2.45, 2.75) is 132 Å². The summed E-state index contributed by atoms with van der Waals surface area (Å²) in [5.74, 6) is -18.2. The first-order valence-corrected chi connectivity index (χ1v) is 35.1. The normalized spacial score (nSPS) is 19.9. The zero-order valence-electron chi connectivity index (χ0n) is 54.7. The molecule has 4 aromatic carbocycles. The number of carbonyl (C=O) groups excluding carboxylic acids is 11. The van der Waals surface area contributed by atoms with Crippen LogP contribution < -0.4 is 64.2 Å². The van der Waals surface area contributed by atoms with Gasteiger partial charge in [0.2, 0.25) is 65.0 Å². The van der Waals surface area contributed by atoms with Crippen LogP contribution >= 0.6 is 33.3 Å². The van der Waals surface area contributed by atoms with Gasteiger partial charge in [-0.3, -0.25) is 62.3 Å². The van der Waals surface area contributed by atoms with Gasteiger partial charge in [0.05, 0.1) is 25.4 Å². The summed E-state index contributed by atoms with van der Waals surface area (Å²) in [4.78, 5) is 193. The molecule has 0 aromatic heterocycles. The molecule has 0 aliphatic carbocycles. The molecule has 100 heavy (non-hydrogen) atoms. The van der Waals surface area contributed by atoms with Crippen LogP contribution in [0.1, 0.15) is 62.3 Å². The predicted octanol–water partition coefficient (Wildman–Crippen LogP) is -1.78. The van der Waals surface area contributed by atoms with Gasteiger partial charge in [-0.25, -0.2) is 4.79 Å². The number of hydrogen-bond donors (Lipinski definition) is 18. The molecule has 540 valence electrons. The van der Waals surface area contributed by atoms with Crippen LogP contribution in [0.25, 0.3) is 0 Å². The second-order valence-electron chi connectivity index (χ2n) is 23.5. The van der Waals surface area contributed by atoms with E-state index >= 15 is 4.79 Å². The van der Waals surface area contributed by atoms with Crippen LogP contribution in [-0.2, 0) is 92.8 Å². The van der Waals surface area contributed by atoms with Crippen molar-refractivity contribution in [3.05, 3.63) is 125 Å². The molecule has 4 aromatic rings. The van der Waals surface area contributed by atoms with E-state index in [2.05, 4.69) is 58.5 Å². The molecule has 1 fully saturated rings. The smallest absolute Gasteiger partial charge is 0.326 e. The van der Waals surface area contributed by atoms with Gasteiger partial charge in [-0.05, 0) is 96.3 Å². The number of rotatable bonds is 27. The van der Waals surface area contributed by atoms with E-state index < -0.39 is 193 Å². The molecule has 32 nitrogen and oxygen atoms in total. The molecular formula is C65H82N12O20S3. The second-order valence-corrected chi connectivity index (χ2v) is 27.1. The first-order chi connectivity index (χ1) is 47.4. The molecule has 0 bridgehead atoms. The third kappa shape index (κ3) is 27.3. The van der Waals surface area contributed by atoms with Gasteiger partial charge in [0.1, 0.15) is 77.7 Å². The molecule has 5 rings (SSSR count). The number of nitrogens with two attached hydrogens (primary N) is 1. The van der Waals surface area contributed by atoms with E-state index in [1.807, 2.05) is 0 Å². The van der Waals surface area contributed by atoms with Gasteiger partial charge in [-0.2, -0.15) is 11.8 Å². The van der Waals surface area contributed by atoms with Gasteiger partial charge in [0.15, 0.2) is 0 Å². The Morgan fingerprint density at radius 2 is 1.06 bits per heavy atom. The number of nitrogens with one attached hydrogen (secondary N) is 11. The first-order valence-electron chi connectivity index (χ1n) is 31.2. The molecule has 3 unspecified atom stereocenters. The maximum Gasteiger partial charge on any atom is 0.326 e. The number of aliphatic carboxylic acids is 3. The maximum atomic E-state index is 15.0. The number of aromatic hydroxyl groups is 3. The number of amides is 11. The highest BCUT2D eigenvalue weighted by Gasteiger charge is 2.37. The minimum Gasteiger partial charge on any atom is -0.508 e. The maximum absolute atomic E-state index is 15.0. The first kappa shape index (κ1) is 80.6. The van der Waals surface area contributed by atoms with Crippen LogP contribution in [0.4, 0.5) is 0 Å². The standard InChI is InChI=1S/C65H82N12O20S3/c1-33(2)54(65(96)97)77-62(93)48(29-53(84)85)74-58(89)43(22-23-98-4)70-61(92)46(27-38-14-20-41(80)21-15-38)72-63(94)49-31-99-100-32-50(76-56(87)42(66)24-36-10-16-39(78)17-11-36)64(95)73-47(28-52(82)83)57(88)67-30-51(81)69-44(25-35-8-6-5-7-9-35)60(91)71-45(26-37-12-18-40(79)19-13-37)59(90)68-34(3)55(86)75-49/h5-21,33-34,42-50,54,78-80H,22-32,66H2,1-4H3,(H,67,88)(H,68,90)(H,69,81)(H,70,92)(H,71,91)(H,72,94)(H,73,95)(H,74,89)(H,75,86)(H,76,87)(H,77,93)(H,82,83)(H,84,85)(H,96,97)/t34-,42-,43-,44?,45-,46-,47-,48-,49?,50?,54-/m0/s1. The molecule has 1 aliphatic rings. The highest BCUT2D eigenvalue weighted by atomic mass is 33.1. The fourth-order valence-electron chi connectivity index (χ4n) is 9.68. The Morgan fingerprint density at radius 1 is 0.550 bits per heavy atom. The van der Waals surface area contributed by atoms with Crippen molar-refractivity contribution in [1.29, 1.82) is 0 Å². The number of carboxylic acids is 3. The van der Waals surface area contributed by atoms with E-state index in [0.29, 0.717) is 22.3 Å². The lowest BCUT2D eigenvalue weighted by Gasteiger charge is -2.27. The predicted molar refractivity (Wildman–Crippen MR) is 366 cm³/mol. The van der Waals surface area contributed by atoms with Crippen LogP contribution in [0.3, 0.4) is 0 Å². The van der Waals surface area contributed by atoms with E-state index in [0.717, 1.165) is 21.6 Å². The summed E-state index contributed by atoms with van der Waals surface area (Å²) < 4.78 is 0. The van der Waals surface area contributed by atoms with E-state index in [9.17, 15) is 93.0 Å². The number of carbonyl (C=O) groups is 14. The molecule has 1 saturated heterocycles. The number of phenols is 3. The number of thioether (sulfide) groups is 1. The van der Waals surface area contributed by atoms with Crippen molar-refractivity contribution in [2.24, 2.45) is 11.7 Å². The zero-order chi connectivity index (χ0) is 73.8. The molecule has 19 N–H and O–H groups in total. The van der Waals surface area contributed by atoms with Crippen molar-refractivity contribution in [3.63, 3.8) is 0 Å². The van der Waals surface area contributed by atoms with Crippen molar-refractivity contribution >= 4 is 116 Å². The summed E-state index contributed by atoms with van der Waals surface area (Å²) in [7, 11) is 1.58. The largest absolute Gasteiger partial charge is 0.508 e. The summed E-state index contributed by atoms with van der Waals surface area (Å²) in [5.41, 5.74) is 7.99. The van der Waals surface area contributed by atoms with Crippen LogP contribution in [0.2, 0.25) is 0 Å². The minimum atomic E-state index is -1.93. The minimum absolute atomic E-state index is 0.0836. The van der Waals surface area contributed by atoms with Crippen molar-refractivity contribution in [3.8, 4) is 17.2 Å². The summed E-state index contributed by atoms with van der Waals surface area (Å²) >= 11 is 1.23. The highest BCUT2D eigenvalue weighted by molar-refractivity contribution is 8.76. The third-order valence-corrected chi connectivity index (χ3v) is 18.2. The molecule has 11 amide bonds. The summed E-state index contributed by atoms with van der Waals surface area (Å²) in [6, 6.07) is 6.82. The number of phenolic OH excluding ortho intramolecular Hbond substituents is 3. The Hall–Kier alpha value is -10.1. The van der Waals surface area contributed by atoms with E-state index in [1.165, 1.54) is 105 Å². The summed E-state index contributed by atoms with van der Waals surface area (Å²) in [6.07, 6.45) is -1.61. The average molecular weight is 1450 g/mol. The quantitative estimate of drug-likeness (QED) is 0.0294. The Morgan fingerprint density at radius 3 is 1.62 bits per heavy atom. The molecule has 0 radical (unpaired) electrons. The Labute approximate surface area is 586 Å². The van der Waals surface area contributed by atoms with Crippen LogP contribution in [-0.4, -0.2) is 210 Å². The SMILES string of the molecule is CSCC[C@H](NC(=O)[C@H](Cc1ccc(O)cc1)NC(=O)C1CSSCC(NC(=O)[C@@H](N)Cc2ccc(O)cc2)C(=O)N[C@@H](CC(=O)O)C(=O)NCC(=O)NC(Cc2ccccc2)C(=O)N[C@@H](Cc2ccc(O)cc2)C(=O)N[C@@H](C)C(=O)N1)C(=O)N[C@@H](CC(=O)O)C(=O)N[C@H](C(=O)O)C(C)C. The Bertz CT molecular complexity index is 3540. The third-order valence-electron chi connectivity index (χ3n) is 15.2. The zero-order valence-corrected chi connectivity index (χ0v) is 57.2. The van der Waals surface area contributed by atoms with E-state index in [-0.39, 0.29) is 48.7 Å². The summed E-state index contributed by atoms with van der Waals surface area (Å²) in [5, 5.41) is 86.5. The van der Waals surface area contributed by atoms with Crippen molar-refractivity contribution in [1.82, 2.24) is 58.5 Å². The van der Waals surface area contributed by atoms with Crippen LogP contribution in [0, 0.1) is 5.92 Å². The van der Waals surface area contributed by atoms with Gasteiger partial charge in [0, 0.05) is 30.8 Å². The number of carboxylic acid groups (broad SMARTS) is 3. The van der Waals surface area contributed by atoms with Gasteiger partial charge in [0.25, 0.3) is 0 Å². The molecule has 0 spiro atoms. The van der Waals surface area contributed by atoms with Gasteiger partial charge < -0.3 is 94.9 Å². The highest BCUT2D eigenvalue weighted by Crippen LogP contribution is 2.25. The second kappa shape index (κ2) is 40.1. The van der Waals surface area contributed by atoms with Gasteiger partial charge >= 0.3 is 17.9 Å². The Balaban J connectivity index is 1.57. The molecule has 1 heterocycles. The lowest BCUT2D eigenvalue weighted by molar-refractivity contribution is -0.144. The Kier molecular flexibility index (Phi) is 32.3. The lowest BCUT2D eigenvalue weighted by Crippen LogP contribution is -2.61. The number of hydrogen-bond acceptors (Lipinski definition) is 21. The average Bonchev–Trinajstić information content (AvgIpc) is 0.898. The topological polar surface area (TPSA) is 519 Å². The van der Waals surface area contributed by atoms with Gasteiger partial charge in [-0.1, -0.05) is 102 Å². The van der Waals surface area contributed by atoms with Crippen molar-refractivity contribution in [2.75, 3.05) is 30.1 Å². The molecule has 11 atom stereocenters. The molecular weight excluding hydrogens is 1360 g/mol. The summed E-state index contributed by atoms with van der Waals surface area (Å²) in [6.45, 7) is 3.30. The van der Waals surface area contributed by atoms with Crippen LogP contribution in [0.5, 0.6) is 17.2 Å². The van der Waals surface area contributed by atoms with Crippen molar-refractivity contribution < 1.29 is 97.8 Å². The van der Waals surface area contributed by atoms with Gasteiger partial charge in [-0.15, -0.1) is 0 Å². The monoisotopic (exact) mass is 1450 g/mol. The van der Waals surface area contributed by atoms with Crippen LogP contribution in [0.15, 0.2) is 103 Å². The van der Waals surface area contributed by atoms with E-state index in [1.54, 1.807) is 36.6 Å². The molecule has 0 saturated carbocycles. The fraction of sp³-hybridized carbons (Fsp3) is 0.415. The van der Waals surface area contributed by atoms with E-state index in [4.69, 9.17) is 5.73 Å². The number of benzene rings is 4. The lowest BCUT2D eigenvalue weighted by atomic mass is 10.0. The molecule has 35 heteroatoms. The fourth-order valence-corrected chi connectivity index (χ4v) is 12.5. The molecule has 1 aliphatic heterocycles.